The van der Waals surface area contributed by atoms with Gasteiger partial charge in [0.2, 0.25) is 0 Å². The summed E-state index contributed by atoms with van der Waals surface area (Å²) in [5.41, 5.74) is 1.74. The second-order valence-corrected chi connectivity index (χ2v) is 5.97. The maximum atomic E-state index is 12.8. The van der Waals surface area contributed by atoms with Crippen LogP contribution in [-0.2, 0) is 11.8 Å². The molecule has 0 bridgehead atoms. The highest BCUT2D eigenvalue weighted by atomic mass is 16.2. The highest BCUT2D eigenvalue weighted by molar-refractivity contribution is 6.09. The van der Waals surface area contributed by atoms with Gasteiger partial charge in [-0.2, -0.15) is 5.26 Å². The van der Waals surface area contributed by atoms with E-state index in [1.807, 2.05) is 54.6 Å². The Morgan fingerprint density at radius 3 is 2.26 bits per heavy atom. The average molecular weight is 358 g/mol. The molecule has 0 atom stereocenters. The van der Waals surface area contributed by atoms with Crippen LogP contribution in [0.5, 0.6) is 0 Å². The Labute approximate surface area is 156 Å². The molecule has 3 rings (SSSR count). The molecule has 1 N–H and O–H groups in total. The number of amides is 1. The van der Waals surface area contributed by atoms with Gasteiger partial charge in [-0.15, -0.1) is 0 Å². The van der Waals surface area contributed by atoms with Gasteiger partial charge in [-0.1, -0.05) is 48.5 Å². The molecule has 0 unspecified atom stereocenters. The van der Waals surface area contributed by atoms with E-state index >= 15 is 0 Å². The first-order valence-corrected chi connectivity index (χ1v) is 8.35. The highest BCUT2D eigenvalue weighted by Gasteiger charge is 2.19. The third-order valence-electron chi connectivity index (χ3n) is 4.27. The molecule has 0 radical (unpaired) electrons. The van der Waals surface area contributed by atoms with Crippen LogP contribution >= 0.6 is 0 Å². The largest absolute Gasteiger partial charge is 0.315 e. The number of anilines is 1. The van der Waals surface area contributed by atoms with Crippen LogP contribution in [0.2, 0.25) is 0 Å². The Bertz CT molecular complexity index is 1100. The van der Waals surface area contributed by atoms with Crippen LogP contribution < -0.4 is 10.9 Å². The molecule has 0 saturated heterocycles. The van der Waals surface area contributed by atoms with E-state index in [4.69, 9.17) is 0 Å². The Morgan fingerprint density at radius 1 is 1.07 bits per heavy atom. The number of hydrogen-bond donors (Lipinski definition) is 1. The van der Waals surface area contributed by atoms with Gasteiger partial charge in [0.15, 0.2) is 0 Å². The minimum absolute atomic E-state index is 0.0740. The minimum atomic E-state index is -0.618. The highest BCUT2D eigenvalue weighted by Crippen LogP contribution is 2.15. The monoisotopic (exact) mass is 358 g/mol. The van der Waals surface area contributed by atoms with Crippen molar-refractivity contribution in [2.45, 2.75) is 6.92 Å². The number of hydrogen-bond acceptors (Lipinski definition) is 3. The number of nitriles is 1. The summed E-state index contributed by atoms with van der Waals surface area (Å²) < 4.78 is 3.14. The quantitative estimate of drug-likeness (QED) is 0.575. The Morgan fingerprint density at radius 2 is 1.67 bits per heavy atom. The first-order chi connectivity index (χ1) is 13.0. The van der Waals surface area contributed by atoms with Gasteiger partial charge in [-0.25, -0.2) is 4.68 Å². The van der Waals surface area contributed by atoms with E-state index in [1.54, 1.807) is 30.8 Å². The average Bonchev–Trinajstić information content (AvgIpc) is 2.90. The molecule has 6 nitrogen and oxygen atoms in total. The molecule has 0 fully saturated rings. The van der Waals surface area contributed by atoms with E-state index in [9.17, 15) is 14.9 Å². The molecule has 0 spiro atoms. The number of para-hydroxylation sites is 1. The summed E-state index contributed by atoms with van der Waals surface area (Å²) in [5.74, 6) is -0.618. The molecule has 27 heavy (non-hydrogen) atoms. The van der Waals surface area contributed by atoms with Crippen LogP contribution in [0.15, 0.2) is 71.0 Å². The van der Waals surface area contributed by atoms with Crippen molar-refractivity contribution in [3.05, 3.63) is 87.8 Å². The summed E-state index contributed by atoms with van der Waals surface area (Å²) in [7, 11) is 1.74. The number of benzene rings is 2. The topological polar surface area (TPSA) is 79.8 Å². The minimum Gasteiger partial charge on any atom is -0.315 e. The van der Waals surface area contributed by atoms with Crippen LogP contribution in [0.4, 0.5) is 5.69 Å². The van der Waals surface area contributed by atoms with E-state index in [2.05, 4.69) is 5.32 Å². The zero-order chi connectivity index (χ0) is 19.4. The smallest absolute Gasteiger partial charge is 0.295 e. The molecular formula is C21H18N4O2. The Balaban J connectivity index is 1.97. The summed E-state index contributed by atoms with van der Waals surface area (Å²) in [6, 6.07) is 20.1. The fourth-order valence-electron chi connectivity index (χ4n) is 2.76. The van der Waals surface area contributed by atoms with Gasteiger partial charge in [0.05, 0.1) is 11.4 Å². The van der Waals surface area contributed by atoms with Crippen molar-refractivity contribution < 1.29 is 4.79 Å². The number of nitrogens with one attached hydrogen (secondary N) is 1. The van der Waals surface area contributed by atoms with Crippen molar-refractivity contribution >= 4 is 17.7 Å². The van der Waals surface area contributed by atoms with Gasteiger partial charge in [0.1, 0.15) is 17.3 Å². The molecule has 3 aromatic rings. The Hall–Kier alpha value is -3.85. The van der Waals surface area contributed by atoms with Gasteiger partial charge in [-0.3, -0.25) is 14.3 Å². The predicted molar refractivity (Wildman–Crippen MR) is 104 cm³/mol. The second kappa shape index (κ2) is 7.58. The zero-order valence-corrected chi connectivity index (χ0v) is 15.0. The molecular weight excluding hydrogens is 340 g/mol. The van der Waals surface area contributed by atoms with Crippen molar-refractivity contribution in [1.82, 2.24) is 9.36 Å². The van der Waals surface area contributed by atoms with E-state index in [0.29, 0.717) is 11.4 Å². The number of carbonyl (C=O) groups excluding carboxylic acids is 1. The standard InChI is InChI=1S/C21H18N4O2/c1-15-19(21(27)25(24(15)2)18-11-7-4-8-12-18)23-20(26)17(14-22)13-16-9-5-3-6-10-16/h3-13H,1-2H3,(H,23,26)/b17-13+. The molecule has 0 aliphatic rings. The fourth-order valence-corrected chi connectivity index (χ4v) is 2.76. The van der Waals surface area contributed by atoms with Gasteiger partial charge in [0, 0.05) is 7.05 Å². The number of carbonyl (C=O) groups is 1. The molecule has 0 aliphatic carbocycles. The molecule has 1 aromatic heterocycles. The van der Waals surface area contributed by atoms with E-state index < -0.39 is 5.91 Å². The summed E-state index contributed by atoms with van der Waals surface area (Å²) in [5, 5.41) is 11.9. The third kappa shape index (κ3) is 3.58. The van der Waals surface area contributed by atoms with Crippen molar-refractivity contribution in [1.29, 1.82) is 5.26 Å². The van der Waals surface area contributed by atoms with Crippen LogP contribution in [0.3, 0.4) is 0 Å². The van der Waals surface area contributed by atoms with Crippen LogP contribution in [0.1, 0.15) is 11.3 Å². The lowest BCUT2D eigenvalue weighted by molar-refractivity contribution is -0.112. The van der Waals surface area contributed by atoms with Crippen molar-refractivity contribution in [3.63, 3.8) is 0 Å². The third-order valence-corrected chi connectivity index (χ3v) is 4.27. The van der Waals surface area contributed by atoms with Crippen LogP contribution in [0.25, 0.3) is 11.8 Å². The van der Waals surface area contributed by atoms with Crippen molar-refractivity contribution in [2.24, 2.45) is 7.05 Å². The normalized spacial score (nSPS) is 11.1. The number of nitrogens with zero attached hydrogens (tertiary/aromatic N) is 3. The van der Waals surface area contributed by atoms with Gasteiger partial charge >= 0.3 is 0 Å². The Kier molecular flexibility index (Phi) is 5.04. The lowest BCUT2D eigenvalue weighted by atomic mass is 10.1. The van der Waals surface area contributed by atoms with Crippen LogP contribution in [-0.4, -0.2) is 15.3 Å². The molecule has 1 heterocycles. The molecule has 2 aromatic carbocycles. The summed E-state index contributed by atoms with van der Waals surface area (Å²) in [6.45, 7) is 1.74. The fraction of sp³-hybridized carbons (Fsp3) is 0.0952. The van der Waals surface area contributed by atoms with Gasteiger partial charge < -0.3 is 5.32 Å². The van der Waals surface area contributed by atoms with Crippen molar-refractivity contribution in [3.8, 4) is 11.8 Å². The lowest BCUT2D eigenvalue weighted by Gasteiger charge is -2.07. The lowest BCUT2D eigenvalue weighted by Crippen LogP contribution is -2.23. The molecule has 6 heteroatoms. The van der Waals surface area contributed by atoms with Gasteiger partial charge in [-0.05, 0) is 30.7 Å². The first-order valence-electron chi connectivity index (χ1n) is 8.35. The van der Waals surface area contributed by atoms with Crippen LogP contribution in [0, 0.1) is 18.3 Å². The molecule has 0 saturated carbocycles. The van der Waals surface area contributed by atoms with E-state index in [1.165, 1.54) is 10.8 Å². The predicted octanol–water partition coefficient (Wildman–Crippen LogP) is 3.03. The molecule has 0 aliphatic heterocycles. The maximum Gasteiger partial charge on any atom is 0.295 e. The summed E-state index contributed by atoms with van der Waals surface area (Å²) >= 11 is 0. The van der Waals surface area contributed by atoms with Crippen molar-refractivity contribution in [2.75, 3.05) is 5.32 Å². The summed E-state index contributed by atoms with van der Waals surface area (Å²) in [4.78, 5) is 25.4. The zero-order valence-electron chi connectivity index (χ0n) is 15.0. The van der Waals surface area contributed by atoms with E-state index in [-0.39, 0.29) is 16.8 Å². The first kappa shape index (κ1) is 18.0. The van der Waals surface area contributed by atoms with Gasteiger partial charge in [0.25, 0.3) is 11.5 Å². The maximum absolute atomic E-state index is 12.8. The molecule has 1 amide bonds. The molecule has 134 valence electrons. The number of rotatable bonds is 4. The van der Waals surface area contributed by atoms with E-state index in [0.717, 1.165) is 5.56 Å². The second-order valence-electron chi connectivity index (χ2n) is 5.97. The number of aromatic nitrogens is 2. The summed E-state index contributed by atoms with van der Waals surface area (Å²) in [6.07, 6.45) is 1.49. The SMILES string of the molecule is Cc1c(NC(=O)/C(C#N)=C/c2ccccc2)c(=O)n(-c2ccccc2)n1C.